The van der Waals surface area contributed by atoms with Crippen LogP contribution in [0.3, 0.4) is 0 Å². The van der Waals surface area contributed by atoms with Crippen LogP contribution in [-0.2, 0) is 6.42 Å². The number of aromatic nitrogens is 2. The maximum absolute atomic E-state index is 6.40. The van der Waals surface area contributed by atoms with Crippen LogP contribution < -0.4 is 5.32 Å². The second-order valence-corrected chi connectivity index (χ2v) is 7.04. The van der Waals surface area contributed by atoms with Gasteiger partial charge < -0.3 is 5.32 Å². The van der Waals surface area contributed by atoms with E-state index in [4.69, 9.17) is 39.9 Å². The minimum atomic E-state index is 0.606. The van der Waals surface area contributed by atoms with Crippen molar-refractivity contribution in [1.82, 2.24) is 9.78 Å². The summed E-state index contributed by atoms with van der Waals surface area (Å²) in [5.74, 6) is 0.992. The van der Waals surface area contributed by atoms with Gasteiger partial charge in [0.2, 0.25) is 0 Å². The summed E-state index contributed by atoms with van der Waals surface area (Å²) in [4.78, 5) is 0. The van der Waals surface area contributed by atoms with E-state index in [0.29, 0.717) is 15.1 Å². The predicted molar refractivity (Wildman–Crippen MR) is 101 cm³/mol. The number of hydrogen-bond donors (Lipinski definition) is 1. The Hall–Kier alpha value is -1.68. The van der Waals surface area contributed by atoms with Gasteiger partial charge in [-0.15, -0.1) is 0 Å². The molecule has 1 aliphatic heterocycles. The number of rotatable bonds is 2. The Morgan fingerprint density at radius 2 is 1.83 bits per heavy atom. The van der Waals surface area contributed by atoms with E-state index in [0.717, 1.165) is 46.9 Å². The van der Waals surface area contributed by atoms with Crippen LogP contribution in [-0.4, -0.2) is 16.3 Å². The lowest BCUT2D eigenvalue weighted by atomic mass is 10.1. The molecule has 0 fully saturated rings. The maximum Gasteiger partial charge on any atom is 0.133 e. The van der Waals surface area contributed by atoms with Crippen molar-refractivity contribution in [3.05, 3.63) is 62.6 Å². The topological polar surface area (TPSA) is 29.9 Å². The van der Waals surface area contributed by atoms with Gasteiger partial charge in [0.25, 0.3) is 0 Å². The highest BCUT2D eigenvalue weighted by molar-refractivity contribution is 6.39. The Morgan fingerprint density at radius 1 is 1.08 bits per heavy atom. The highest BCUT2D eigenvalue weighted by atomic mass is 35.5. The summed E-state index contributed by atoms with van der Waals surface area (Å²) >= 11 is 18.9. The molecule has 0 bridgehead atoms. The van der Waals surface area contributed by atoms with Crippen molar-refractivity contribution in [3.8, 4) is 16.9 Å². The molecule has 122 valence electrons. The van der Waals surface area contributed by atoms with Gasteiger partial charge in [-0.2, -0.15) is 5.10 Å². The molecule has 0 unspecified atom stereocenters. The Labute approximate surface area is 155 Å². The molecule has 4 rings (SSSR count). The minimum absolute atomic E-state index is 0.606. The van der Waals surface area contributed by atoms with E-state index in [2.05, 4.69) is 5.32 Å². The molecule has 0 aliphatic carbocycles. The number of hydrogen-bond acceptors (Lipinski definition) is 2. The average molecular weight is 379 g/mol. The SMILES string of the molecule is Cc1cc(Cl)ccc1-n1nc(-c2c(Cl)cccc2Cl)c2c1NCC2. The molecule has 3 nitrogen and oxygen atoms in total. The van der Waals surface area contributed by atoms with Gasteiger partial charge in [-0.3, -0.25) is 0 Å². The smallest absolute Gasteiger partial charge is 0.133 e. The number of benzene rings is 2. The van der Waals surface area contributed by atoms with Crippen LogP contribution in [0.25, 0.3) is 16.9 Å². The summed E-state index contributed by atoms with van der Waals surface area (Å²) in [6.07, 6.45) is 0.888. The second-order valence-electron chi connectivity index (χ2n) is 5.79. The van der Waals surface area contributed by atoms with Crippen LogP contribution >= 0.6 is 34.8 Å². The van der Waals surface area contributed by atoms with Crippen LogP contribution in [0.4, 0.5) is 5.82 Å². The Bertz CT molecular complexity index is 927. The minimum Gasteiger partial charge on any atom is -0.369 e. The molecule has 2 aromatic carbocycles. The van der Waals surface area contributed by atoms with E-state index in [9.17, 15) is 0 Å². The molecule has 0 radical (unpaired) electrons. The highest BCUT2D eigenvalue weighted by Gasteiger charge is 2.26. The van der Waals surface area contributed by atoms with Crippen molar-refractivity contribution < 1.29 is 0 Å². The van der Waals surface area contributed by atoms with Crippen LogP contribution in [0.1, 0.15) is 11.1 Å². The van der Waals surface area contributed by atoms with E-state index >= 15 is 0 Å². The quantitative estimate of drug-likeness (QED) is 0.613. The lowest BCUT2D eigenvalue weighted by Crippen LogP contribution is -2.05. The molecule has 0 saturated carbocycles. The Kier molecular flexibility index (Phi) is 3.95. The molecule has 1 N–H and O–H groups in total. The first-order valence-corrected chi connectivity index (χ1v) is 8.76. The third-order valence-corrected chi connectivity index (χ3v) is 5.10. The van der Waals surface area contributed by atoms with Crippen molar-refractivity contribution in [2.75, 3.05) is 11.9 Å². The zero-order valence-corrected chi connectivity index (χ0v) is 15.2. The largest absolute Gasteiger partial charge is 0.369 e. The zero-order chi connectivity index (χ0) is 16.8. The van der Waals surface area contributed by atoms with Gasteiger partial charge in [0.1, 0.15) is 11.5 Å². The van der Waals surface area contributed by atoms with Gasteiger partial charge in [-0.1, -0.05) is 40.9 Å². The second kappa shape index (κ2) is 5.99. The predicted octanol–water partition coefficient (Wildman–Crippen LogP) is 5.78. The van der Waals surface area contributed by atoms with Crippen molar-refractivity contribution >= 4 is 40.6 Å². The van der Waals surface area contributed by atoms with Gasteiger partial charge in [0.05, 0.1) is 15.7 Å². The van der Waals surface area contributed by atoms with Crippen LogP contribution in [0, 0.1) is 6.92 Å². The van der Waals surface area contributed by atoms with Crippen molar-refractivity contribution in [2.45, 2.75) is 13.3 Å². The molecule has 2 heterocycles. The van der Waals surface area contributed by atoms with Gasteiger partial charge in [-0.05, 0) is 49.2 Å². The monoisotopic (exact) mass is 377 g/mol. The highest BCUT2D eigenvalue weighted by Crippen LogP contribution is 2.41. The molecule has 0 saturated heterocycles. The molecule has 0 spiro atoms. The van der Waals surface area contributed by atoms with E-state index in [-0.39, 0.29) is 0 Å². The van der Waals surface area contributed by atoms with Gasteiger partial charge in [0, 0.05) is 22.7 Å². The van der Waals surface area contributed by atoms with Crippen LogP contribution in [0.2, 0.25) is 15.1 Å². The molecule has 6 heteroatoms. The maximum atomic E-state index is 6.40. The Morgan fingerprint density at radius 3 is 2.54 bits per heavy atom. The molecule has 0 atom stereocenters. The first-order chi connectivity index (χ1) is 11.6. The van der Waals surface area contributed by atoms with Crippen molar-refractivity contribution in [1.29, 1.82) is 0 Å². The first kappa shape index (κ1) is 15.8. The lowest BCUT2D eigenvalue weighted by molar-refractivity contribution is 0.875. The van der Waals surface area contributed by atoms with Gasteiger partial charge >= 0.3 is 0 Å². The summed E-state index contributed by atoms with van der Waals surface area (Å²) in [5, 5.41) is 10.2. The number of nitrogens with zero attached hydrogens (tertiary/aromatic N) is 2. The number of fused-ring (bicyclic) bond motifs is 1. The fourth-order valence-corrected chi connectivity index (χ4v) is 3.93. The number of anilines is 1. The molecule has 0 amide bonds. The van der Waals surface area contributed by atoms with Gasteiger partial charge in [-0.25, -0.2) is 4.68 Å². The van der Waals surface area contributed by atoms with Crippen molar-refractivity contribution in [3.63, 3.8) is 0 Å². The molecular formula is C18H14Cl3N3. The number of halogens is 3. The van der Waals surface area contributed by atoms with Crippen LogP contribution in [0.15, 0.2) is 36.4 Å². The van der Waals surface area contributed by atoms with E-state index in [1.807, 2.05) is 48.0 Å². The molecule has 1 aliphatic rings. The average Bonchev–Trinajstić information content (AvgIpc) is 3.11. The molecule has 3 aromatic rings. The number of nitrogens with one attached hydrogen (secondary N) is 1. The zero-order valence-electron chi connectivity index (χ0n) is 12.9. The third-order valence-electron chi connectivity index (χ3n) is 4.24. The fraction of sp³-hybridized carbons (Fsp3) is 0.167. The summed E-state index contributed by atoms with van der Waals surface area (Å²) in [7, 11) is 0. The van der Waals surface area contributed by atoms with Crippen molar-refractivity contribution in [2.24, 2.45) is 0 Å². The lowest BCUT2D eigenvalue weighted by Gasteiger charge is -2.10. The molecular weight excluding hydrogens is 365 g/mol. The van der Waals surface area contributed by atoms with Gasteiger partial charge in [0.15, 0.2) is 0 Å². The standard InChI is InChI=1S/C18H14Cl3N3/c1-10-9-11(19)5-6-15(10)24-18-12(7-8-22-18)17(23-24)16-13(20)3-2-4-14(16)21/h2-6,9,22H,7-8H2,1H3. The van der Waals surface area contributed by atoms with E-state index < -0.39 is 0 Å². The third kappa shape index (κ3) is 2.48. The summed E-state index contributed by atoms with van der Waals surface area (Å²) in [6, 6.07) is 11.3. The summed E-state index contributed by atoms with van der Waals surface area (Å²) in [6.45, 7) is 2.89. The molecule has 1 aromatic heterocycles. The normalized spacial score (nSPS) is 13.0. The van der Waals surface area contributed by atoms with E-state index in [1.54, 1.807) is 0 Å². The Balaban J connectivity index is 1.96. The summed E-state index contributed by atoms with van der Waals surface area (Å²) < 4.78 is 1.92. The van der Waals surface area contributed by atoms with Crippen LogP contribution in [0.5, 0.6) is 0 Å². The number of aryl methyl sites for hydroxylation is 1. The summed E-state index contributed by atoms with van der Waals surface area (Å²) in [5.41, 5.74) is 4.79. The van der Waals surface area contributed by atoms with E-state index in [1.165, 1.54) is 0 Å². The fourth-order valence-electron chi connectivity index (χ4n) is 3.13. The first-order valence-electron chi connectivity index (χ1n) is 7.63. The molecule has 24 heavy (non-hydrogen) atoms.